The van der Waals surface area contributed by atoms with Gasteiger partial charge in [-0.15, -0.1) is 0 Å². The van der Waals surface area contributed by atoms with Gasteiger partial charge in [0.05, 0.1) is 6.10 Å². The maximum atomic E-state index is 11.7. The third-order valence-electron chi connectivity index (χ3n) is 4.35. The first kappa shape index (κ1) is 19.7. The van der Waals surface area contributed by atoms with E-state index in [0.29, 0.717) is 18.1 Å². The molecule has 1 heterocycles. The number of benzene rings is 1. The topological polar surface area (TPSA) is 102 Å². The van der Waals surface area contributed by atoms with Crippen LogP contribution in [0.4, 0.5) is 5.82 Å². The van der Waals surface area contributed by atoms with E-state index in [4.69, 9.17) is 10.4 Å². The molecule has 0 aliphatic heterocycles. The Hall–Kier alpha value is -2.65. The van der Waals surface area contributed by atoms with Crippen molar-refractivity contribution in [2.45, 2.75) is 51.6 Å². The van der Waals surface area contributed by atoms with Crippen molar-refractivity contribution >= 4 is 5.82 Å². The highest BCUT2D eigenvalue weighted by Gasteiger charge is 2.10. The van der Waals surface area contributed by atoms with Gasteiger partial charge in [0.25, 0.3) is 5.56 Å². The van der Waals surface area contributed by atoms with Gasteiger partial charge in [0.15, 0.2) is 11.4 Å². The van der Waals surface area contributed by atoms with Crippen LogP contribution < -0.4 is 10.9 Å². The number of anilines is 1. The first-order valence-electron chi connectivity index (χ1n) is 8.98. The molecule has 0 bridgehead atoms. The van der Waals surface area contributed by atoms with Gasteiger partial charge in [-0.25, -0.2) is 4.98 Å². The standard InChI is InChI=1S/C14H14N4O.C6H12O/c1-9-4-3-5-10(6-9)7-12-17-13(16-2)11(8-15)14(19)18-12;7-6-4-2-1-3-5-6/h3-6H,7H2,1-2H3,(H2,16,17,18,19);6-7H,1-5H2. The highest BCUT2D eigenvalue weighted by Crippen LogP contribution is 2.16. The number of nitrogens with one attached hydrogen (secondary N) is 2. The van der Waals surface area contributed by atoms with Crippen LogP contribution in [0.3, 0.4) is 0 Å². The van der Waals surface area contributed by atoms with Crippen LogP contribution in [0.25, 0.3) is 0 Å². The lowest BCUT2D eigenvalue weighted by Gasteiger charge is -2.14. The summed E-state index contributed by atoms with van der Waals surface area (Å²) in [6, 6.07) is 9.84. The Balaban J connectivity index is 0.000000290. The fourth-order valence-electron chi connectivity index (χ4n) is 2.98. The number of rotatable bonds is 3. The number of nitriles is 1. The fourth-order valence-corrected chi connectivity index (χ4v) is 2.98. The van der Waals surface area contributed by atoms with Crippen molar-refractivity contribution in [1.29, 1.82) is 5.26 Å². The summed E-state index contributed by atoms with van der Waals surface area (Å²) >= 11 is 0. The van der Waals surface area contributed by atoms with Gasteiger partial charge in [-0.05, 0) is 25.3 Å². The molecule has 1 fully saturated rings. The number of hydrogen-bond donors (Lipinski definition) is 3. The molecule has 0 saturated heterocycles. The van der Waals surface area contributed by atoms with E-state index in [1.165, 1.54) is 19.3 Å². The molecular formula is C20H26N4O2. The molecule has 0 unspecified atom stereocenters. The average Bonchev–Trinajstić information content (AvgIpc) is 2.62. The summed E-state index contributed by atoms with van der Waals surface area (Å²) in [5.41, 5.74) is 1.82. The van der Waals surface area contributed by atoms with E-state index in [2.05, 4.69) is 15.3 Å². The van der Waals surface area contributed by atoms with E-state index in [-0.39, 0.29) is 11.7 Å². The van der Waals surface area contributed by atoms with Crippen LogP contribution in [0.15, 0.2) is 29.1 Å². The molecule has 0 atom stereocenters. The van der Waals surface area contributed by atoms with Gasteiger partial charge in [0.1, 0.15) is 11.9 Å². The van der Waals surface area contributed by atoms with Crippen LogP contribution in [-0.2, 0) is 6.42 Å². The van der Waals surface area contributed by atoms with Crippen LogP contribution in [0.2, 0.25) is 0 Å². The van der Waals surface area contributed by atoms with Gasteiger partial charge >= 0.3 is 0 Å². The van der Waals surface area contributed by atoms with E-state index >= 15 is 0 Å². The van der Waals surface area contributed by atoms with Gasteiger partial charge in [0, 0.05) is 13.5 Å². The van der Waals surface area contributed by atoms with Crippen LogP contribution in [0, 0.1) is 18.3 Å². The quantitative estimate of drug-likeness (QED) is 0.786. The number of nitrogens with zero attached hydrogens (tertiary/aromatic N) is 2. The molecule has 3 N–H and O–H groups in total. The molecule has 6 heteroatoms. The van der Waals surface area contributed by atoms with Crippen molar-refractivity contribution in [2.24, 2.45) is 0 Å². The summed E-state index contributed by atoms with van der Waals surface area (Å²) < 4.78 is 0. The minimum atomic E-state index is -0.412. The number of aryl methyl sites for hydroxylation is 1. The van der Waals surface area contributed by atoms with Gasteiger partial charge in [0.2, 0.25) is 0 Å². The van der Waals surface area contributed by atoms with Crippen molar-refractivity contribution in [3.63, 3.8) is 0 Å². The average molecular weight is 354 g/mol. The summed E-state index contributed by atoms with van der Waals surface area (Å²) in [6.45, 7) is 2.01. The lowest BCUT2D eigenvalue weighted by Crippen LogP contribution is -2.18. The molecular weight excluding hydrogens is 328 g/mol. The van der Waals surface area contributed by atoms with E-state index in [0.717, 1.165) is 24.0 Å². The lowest BCUT2D eigenvalue weighted by molar-refractivity contribution is 0.130. The largest absolute Gasteiger partial charge is 0.393 e. The third kappa shape index (κ3) is 5.71. The number of aromatic nitrogens is 2. The molecule has 1 aliphatic carbocycles. The molecule has 3 rings (SSSR count). The first-order chi connectivity index (χ1) is 12.5. The second-order valence-corrected chi connectivity index (χ2v) is 6.56. The summed E-state index contributed by atoms with van der Waals surface area (Å²) in [7, 11) is 1.64. The van der Waals surface area contributed by atoms with Crippen molar-refractivity contribution in [1.82, 2.24) is 9.97 Å². The minimum absolute atomic E-state index is 0.00972. The van der Waals surface area contributed by atoms with Crippen LogP contribution >= 0.6 is 0 Å². The Morgan fingerprint density at radius 3 is 2.62 bits per heavy atom. The maximum absolute atomic E-state index is 11.7. The zero-order valence-corrected chi connectivity index (χ0v) is 15.4. The molecule has 0 amide bonds. The van der Waals surface area contributed by atoms with Gasteiger partial charge < -0.3 is 15.4 Å². The number of aromatic amines is 1. The Kier molecular flexibility index (Phi) is 7.37. The zero-order valence-electron chi connectivity index (χ0n) is 15.4. The second-order valence-electron chi connectivity index (χ2n) is 6.56. The van der Waals surface area contributed by atoms with E-state index in [9.17, 15) is 4.79 Å². The van der Waals surface area contributed by atoms with Crippen molar-refractivity contribution in [3.8, 4) is 6.07 Å². The Bertz CT molecular complexity index is 817. The van der Waals surface area contributed by atoms with Gasteiger partial charge in [-0.3, -0.25) is 4.79 Å². The highest BCUT2D eigenvalue weighted by molar-refractivity contribution is 5.50. The molecule has 26 heavy (non-hydrogen) atoms. The molecule has 1 saturated carbocycles. The molecule has 138 valence electrons. The molecule has 1 aliphatic rings. The molecule has 1 aromatic carbocycles. The summed E-state index contributed by atoms with van der Waals surface area (Å²) in [5, 5.41) is 20.6. The van der Waals surface area contributed by atoms with E-state index in [1.807, 2.05) is 37.3 Å². The maximum Gasteiger partial charge on any atom is 0.271 e. The molecule has 1 aromatic heterocycles. The summed E-state index contributed by atoms with van der Waals surface area (Å²) in [5.74, 6) is 0.854. The van der Waals surface area contributed by atoms with Crippen LogP contribution in [-0.4, -0.2) is 28.2 Å². The predicted molar refractivity (Wildman–Crippen MR) is 102 cm³/mol. The third-order valence-corrected chi connectivity index (χ3v) is 4.35. The monoisotopic (exact) mass is 354 g/mol. The SMILES string of the molecule is CNc1nc(Cc2cccc(C)c2)[nH]c(=O)c1C#N.OC1CCCCC1. The minimum Gasteiger partial charge on any atom is -0.393 e. The zero-order chi connectivity index (χ0) is 18.9. The predicted octanol–water partition coefficient (Wildman–Crippen LogP) is 2.89. The summed E-state index contributed by atoms with van der Waals surface area (Å²) in [6.07, 6.45) is 6.45. The van der Waals surface area contributed by atoms with Crippen molar-refractivity contribution in [2.75, 3.05) is 12.4 Å². The number of aliphatic hydroxyl groups excluding tert-OH is 1. The van der Waals surface area contributed by atoms with Crippen molar-refractivity contribution in [3.05, 3.63) is 57.1 Å². The lowest BCUT2D eigenvalue weighted by atomic mass is 9.98. The molecule has 0 spiro atoms. The molecule has 2 aromatic rings. The Labute approximate surface area is 153 Å². The normalized spacial score (nSPS) is 14.1. The number of H-pyrrole nitrogens is 1. The van der Waals surface area contributed by atoms with Gasteiger partial charge in [-0.2, -0.15) is 5.26 Å². The Morgan fingerprint density at radius 1 is 1.35 bits per heavy atom. The number of hydrogen-bond acceptors (Lipinski definition) is 5. The summed E-state index contributed by atoms with van der Waals surface area (Å²) in [4.78, 5) is 18.6. The fraction of sp³-hybridized carbons (Fsp3) is 0.450. The van der Waals surface area contributed by atoms with E-state index < -0.39 is 5.56 Å². The Morgan fingerprint density at radius 2 is 2.08 bits per heavy atom. The smallest absolute Gasteiger partial charge is 0.271 e. The van der Waals surface area contributed by atoms with Gasteiger partial charge in [-0.1, -0.05) is 49.1 Å². The molecule has 0 radical (unpaired) electrons. The van der Waals surface area contributed by atoms with Crippen molar-refractivity contribution < 1.29 is 5.11 Å². The van der Waals surface area contributed by atoms with Crippen LogP contribution in [0.5, 0.6) is 0 Å². The number of aliphatic hydroxyl groups is 1. The highest BCUT2D eigenvalue weighted by atomic mass is 16.3. The molecule has 6 nitrogen and oxygen atoms in total. The first-order valence-corrected chi connectivity index (χ1v) is 8.98. The van der Waals surface area contributed by atoms with E-state index in [1.54, 1.807) is 7.05 Å². The second kappa shape index (κ2) is 9.73. The van der Waals surface area contributed by atoms with Crippen LogP contribution in [0.1, 0.15) is 54.6 Å².